The Morgan fingerprint density at radius 3 is 1.60 bits per heavy atom. The molecule has 2 aromatic carbocycles. The van der Waals surface area contributed by atoms with E-state index in [9.17, 15) is 44.2 Å². The summed E-state index contributed by atoms with van der Waals surface area (Å²) in [6, 6.07) is 10.4. The summed E-state index contributed by atoms with van der Waals surface area (Å²) in [5, 5.41) is 23.6. The molecule has 0 N–H and O–H groups in total. The van der Waals surface area contributed by atoms with Crippen molar-refractivity contribution in [2.24, 2.45) is 35.0 Å². The number of nitro benzene ring substituents is 2. The Hall–Kier alpha value is -5.27. The first-order valence-corrected chi connectivity index (χ1v) is 13.5. The summed E-state index contributed by atoms with van der Waals surface area (Å²) < 4.78 is 5.32. The standard InChI is InChI=1S/C29H24N4O10/c1-4-43-28(38)21-13(2)18-19-22(26(36)30(24(19)34)14-9-5-7-11-16(14)32(39)40)29(21,3)23-20(18)25(35)31(27(23)37)15-10-6-8-12-17(15)33(41)42/h5-12,18-20,22-23H,4H2,1-3H3/t18?,19-,20+,22-,23-,29?/m1/s1. The SMILES string of the molecule is CCOC(=O)C1=C(C)C2[C@H]3C(=O)N(c4ccccc4[N+](=O)[O-])C(=O)[C@@H]3C1(C)[C@H]1C(=O)N(c3ccccc3[N+](=O)[O-])C(=O)[C@@H]21. The Labute approximate surface area is 243 Å². The van der Waals surface area contributed by atoms with Crippen molar-refractivity contribution in [2.45, 2.75) is 20.8 Å². The Morgan fingerprint density at radius 2 is 1.21 bits per heavy atom. The smallest absolute Gasteiger partial charge is 0.334 e. The maximum atomic E-state index is 14.2. The molecule has 3 aliphatic carbocycles. The van der Waals surface area contributed by atoms with Crippen LogP contribution in [0.15, 0.2) is 59.7 Å². The summed E-state index contributed by atoms with van der Waals surface area (Å²) >= 11 is 0. The van der Waals surface area contributed by atoms with Gasteiger partial charge in [-0.25, -0.2) is 14.6 Å². The number of ether oxygens (including phenoxy) is 1. The van der Waals surface area contributed by atoms with Gasteiger partial charge in [0.05, 0.1) is 40.1 Å². The van der Waals surface area contributed by atoms with Crippen LogP contribution in [0.2, 0.25) is 0 Å². The number of nitro groups is 2. The normalized spacial score (nSPS) is 29.2. The molecule has 220 valence electrons. The van der Waals surface area contributed by atoms with E-state index in [0.717, 1.165) is 21.9 Å². The van der Waals surface area contributed by atoms with Gasteiger partial charge in [-0.15, -0.1) is 0 Å². The van der Waals surface area contributed by atoms with E-state index in [0.29, 0.717) is 5.57 Å². The van der Waals surface area contributed by atoms with Crippen LogP contribution in [0.5, 0.6) is 0 Å². The zero-order chi connectivity index (χ0) is 31.1. The fourth-order valence-electron chi connectivity index (χ4n) is 7.90. The predicted molar refractivity (Wildman–Crippen MR) is 146 cm³/mol. The highest BCUT2D eigenvalue weighted by Gasteiger charge is 2.77. The number of para-hydroxylation sites is 4. The molecule has 2 bridgehead atoms. The van der Waals surface area contributed by atoms with E-state index in [1.165, 1.54) is 43.3 Å². The summed E-state index contributed by atoms with van der Waals surface area (Å²) in [6.45, 7) is 4.53. The largest absolute Gasteiger partial charge is 0.463 e. The van der Waals surface area contributed by atoms with Crippen molar-refractivity contribution in [1.29, 1.82) is 0 Å². The van der Waals surface area contributed by atoms with Crippen LogP contribution in [0.3, 0.4) is 0 Å². The highest BCUT2D eigenvalue weighted by atomic mass is 16.6. The third-order valence-corrected chi connectivity index (χ3v) is 9.32. The van der Waals surface area contributed by atoms with Gasteiger partial charge in [0.25, 0.3) is 11.4 Å². The highest BCUT2D eigenvalue weighted by Crippen LogP contribution is 2.69. The van der Waals surface area contributed by atoms with Gasteiger partial charge in [-0.2, -0.15) is 0 Å². The second kappa shape index (κ2) is 9.37. The first kappa shape index (κ1) is 27.9. The lowest BCUT2D eigenvalue weighted by atomic mass is 9.43. The molecular weight excluding hydrogens is 564 g/mol. The van der Waals surface area contributed by atoms with Crippen LogP contribution in [-0.2, 0) is 28.7 Å². The van der Waals surface area contributed by atoms with E-state index in [1.54, 1.807) is 13.8 Å². The Kier molecular flexibility index (Phi) is 6.08. The minimum Gasteiger partial charge on any atom is -0.463 e. The third-order valence-electron chi connectivity index (χ3n) is 9.32. The van der Waals surface area contributed by atoms with E-state index in [4.69, 9.17) is 4.74 Å². The first-order chi connectivity index (χ1) is 20.4. The molecule has 0 spiro atoms. The summed E-state index contributed by atoms with van der Waals surface area (Å²) in [5.74, 6) is -10.4. The molecule has 3 fully saturated rings. The number of benzene rings is 2. The van der Waals surface area contributed by atoms with Crippen molar-refractivity contribution in [3.63, 3.8) is 0 Å². The molecule has 0 aromatic heterocycles. The van der Waals surface area contributed by atoms with Gasteiger partial charge in [0.15, 0.2) is 0 Å². The molecule has 14 nitrogen and oxygen atoms in total. The number of carbonyl (C=O) groups excluding carboxylic acids is 5. The summed E-state index contributed by atoms with van der Waals surface area (Å²) in [4.78, 5) is 93.8. The maximum absolute atomic E-state index is 14.2. The lowest BCUT2D eigenvalue weighted by Gasteiger charge is -2.55. The number of hydrogen-bond acceptors (Lipinski definition) is 10. The summed E-state index contributed by atoms with van der Waals surface area (Å²) in [6.07, 6.45) is 0. The molecule has 2 saturated heterocycles. The molecule has 4 amide bonds. The number of allylic oxidation sites excluding steroid dienone is 1. The lowest BCUT2D eigenvalue weighted by Crippen LogP contribution is -2.61. The fraction of sp³-hybridized carbons (Fsp3) is 0.345. The Balaban J connectivity index is 1.57. The summed E-state index contributed by atoms with van der Waals surface area (Å²) in [5.41, 5.74) is -3.01. The number of amides is 4. The minimum absolute atomic E-state index is 0.0158. The second-order valence-electron chi connectivity index (χ2n) is 11.1. The lowest BCUT2D eigenvalue weighted by molar-refractivity contribution is -0.384. The molecule has 14 heteroatoms. The average molecular weight is 589 g/mol. The number of imide groups is 2. The van der Waals surface area contributed by atoms with Crippen molar-refractivity contribution >= 4 is 52.3 Å². The molecule has 0 radical (unpaired) electrons. The van der Waals surface area contributed by atoms with Crippen LogP contribution in [0.25, 0.3) is 0 Å². The maximum Gasteiger partial charge on any atom is 0.334 e. The van der Waals surface area contributed by atoms with Crippen LogP contribution in [-0.4, -0.2) is 46.1 Å². The number of anilines is 2. The zero-order valence-electron chi connectivity index (χ0n) is 23.1. The molecular formula is C29H24N4O10. The van der Waals surface area contributed by atoms with Crippen molar-refractivity contribution in [3.8, 4) is 0 Å². The van der Waals surface area contributed by atoms with Gasteiger partial charge in [-0.3, -0.25) is 39.4 Å². The molecule has 7 rings (SSSR count). The number of carbonyl (C=O) groups is 5. The average Bonchev–Trinajstić information content (AvgIpc) is 3.39. The molecule has 43 heavy (non-hydrogen) atoms. The Bertz CT molecular complexity index is 1630. The van der Waals surface area contributed by atoms with E-state index >= 15 is 0 Å². The molecule has 2 aliphatic heterocycles. The van der Waals surface area contributed by atoms with Crippen molar-refractivity contribution in [2.75, 3.05) is 16.4 Å². The fourth-order valence-corrected chi connectivity index (χ4v) is 7.90. The van der Waals surface area contributed by atoms with Gasteiger partial charge in [0.1, 0.15) is 11.4 Å². The highest BCUT2D eigenvalue weighted by molar-refractivity contribution is 6.28. The molecule has 6 atom stereocenters. The van der Waals surface area contributed by atoms with Gasteiger partial charge in [-0.1, -0.05) is 36.8 Å². The third kappa shape index (κ3) is 3.43. The number of nitrogens with zero attached hydrogens (tertiary/aromatic N) is 4. The minimum atomic E-state index is -1.77. The number of rotatable bonds is 6. The number of esters is 1. The topological polar surface area (TPSA) is 187 Å². The molecule has 2 unspecified atom stereocenters. The molecule has 1 saturated carbocycles. The van der Waals surface area contributed by atoms with Crippen LogP contribution in [0, 0.1) is 55.2 Å². The van der Waals surface area contributed by atoms with Gasteiger partial charge in [0.2, 0.25) is 23.6 Å². The van der Waals surface area contributed by atoms with E-state index in [-0.39, 0.29) is 23.6 Å². The molecule has 2 heterocycles. The monoisotopic (exact) mass is 588 g/mol. The van der Waals surface area contributed by atoms with Crippen molar-refractivity contribution in [3.05, 3.63) is 79.9 Å². The quantitative estimate of drug-likeness (QED) is 0.210. The van der Waals surface area contributed by atoms with Crippen LogP contribution in [0.1, 0.15) is 20.8 Å². The van der Waals surface area contributed by atoms with E-state index in [2.05, 4.69) is 0 Å². The summed E-state index contributed by atoms with van der Waals surface area (Å²) in [7, 11) is 0. The Morgan fingerprint density at radius 1 is 0.791 bits per heavy atom. The first-order valence-electron chi connectivity index (χ1n) is 13.5. The van der Waals surface area contributed by atoms with E-state index < -0.39 is 85.8 Å². The van der Waals surface area contributed by atoms with Gasteiger partial charge >= 0.3 is 5.97 Å². The van der Waals surface area contributed by atoms with E-state index in [1.807, 2.05) is 0 Å². The predicted octanol–water partition coefficient (Wildman–Crippen LogP) is 2.94. The van der Waals surface area contributed by atoms with Crippen LogP contribution in [0.4, 0.5) is 22.7 Å². The second-order valence-corrected chi connectivity index (χ2v) is 11.1. The molecule has 5 aliphatic rings. The van der Waals surface area contributed by atoms with Gasteiger partial charge in [0, 0.05) is 29.0 Å². The van der Waals surface area contributed by atoms with Crippen LogP contribution < -0.4 is 9.80 Å². The van der Waals surface area contributed by atoms with Gasteiger partial charge in [-0.05, 0) is 26.0 Å². The van der Waals surface area contributed by atoms with Crippen LogP contribution >= 0.6 is 0 Å². The molecule has 2 aromatic rings. The van der Waals surface area contributed by atoms with Crippen molar-refractivity contribution in [1.82, 2.24) is 0 Å². The number of hydrogen-bond donors (Lipinski definition) is 0. The van der Waals surface area contributed by atoms with Gasteiger partial charge < -0.3 is 4.74 Å². The van der Waals surface area contributed by atoms with Crippen molar-refractivity contribution < 1.29 is 38.6 Å². The zero-order valence-corrected chi connectivity index (χ0v) is 23.1.